The number of piperazine rings is 2. The van der Waals surface area contributed by atoms with E-state index in [1.807, 2.05) is 37.3 Å². The third kappa shape index (κ3) is 7.93. The molecular weight excluding hydrogens is 432 g/mol. The van der Waals surface area contributed by atoms with Crippen LogP contribution in [0.5, 0.6) is 0 Å². The highest BCUT2D eigenvalue weighted by molar-refractivity contribution is 7.58. The lowest BCUT2D eigenvalue weighted by Gasteiger charge is -2.48. The highest BCUT2D eigenvalue weighted by Crippen LogP contribution is 2.24. The first kappa shape index (κ1) is 26.4. The predicted molar refractivity (Wildman–Crippen MR) is 123 cm³/mol. The number of nitrogens with zero attached hydrogens (tertiary/aromatic N) is 3. The van der Waals surface area contributed by atoms with E-state index in [2.05, 4.69) is 17.3 Å². The maximum Gasteiger partial charge on any atom is 0.459 e. The molecule has 2 N–H and O–H groups in total. The van der Waals surface area contributed by atoms with Gasteiger partial charge in [0.1, 0.15) is 13.1 Å². The molecule has 3 rings (SSSR count). The molecule has 0 bridgehead atoms. The maximum absolute atomic E-state index is 13.3. The number of nitrogens with one attached hydrogen (secondary N) is 1. The van der Waals surface area contributed by atoms with Crippen molar-refractivity contribution in [1.29, 1.82) is 0 Å². The minimum atomic E-state index is -2.43. The summed E-state index contributed by atoms with van der Waals surface area (Å²) in [5, 5.41) is 26.1. The van der Waals surface area contributed by atoms with Crippen molar-refractivity contribution >= 4 is 16.5 Å². The summed E-state index contributed by atoms with van der Waals surface area (Å²) in [6.45, 7) is 6.67. The van der Waals surface area contributed by atoms with Gasteiger partial charge in [-0.05, 0) is 19.0 Å². The van der Waals surface area contributed by atoms with Gasteiger partial charge in [0, 0.05) is 39.0 Å². The SMILES string of the molecule is CCCCC(C(=O)O)[N+]1([O-])CC[N+](=S(=O)=O)C(Cc2ccccc2)C1.CN1CCNCC1. The number of aliphatic carboxylic acids is 1. The van der Waals surface area contributed by atoms with Crippen molar-refractivity contribution in [1.82, 2.24) is 10.2 Å². The van der Waals surface area contributed by atoms with Gasteiger partial charge in [0.15, 0.2) is 6.04 Å². The highest BCUT2D eigenvalue weighted by Gasteiger charge is 2.45. The number of carboxylic acids is 1. The van der Waals surface area contributed by atoms with Crippen molar-refractivity contribution in [3.05, 3.63) is 41.1 Å². The first-order valence-electron chi connectivity index (χ1n) is 11.4. The van der Waals surface area contributed by atoms with Gasteiger partial charge < -0.3 is 25.2 Å². The van der Waals surface area contributed by atoms with E-state index in [-0.39, 0.29) is 19.6 Å². The molecule has 2 fully saturated rings. The molecule has 2 aliphatic rings. The van der Waals surface area contributed by atoms with Crippen molar-refractivity contribution in [2.24, 2.45) is 0 Å². The van der Waals surface area contributed by atoms with Crippen LogP contribution in [0.15, 0.2) is 30.3 Å². The number of rotatable bonds is 7. The van der Waals surface area contributed by atoms with Gasteiger partial charge in [-0.15, -0.1) is 12.4 Å². The number of benzene rings is 1. The number of carbonyl (C=O) groups is 1. The third-order valence-electron chi connectivity index (χ3n) is 6.16. The molecule has 0 aromatic heterocycles. The molecule has 3 atom stereocenters. The number of unbranched alkanes of at least 4 members (excludes halogenated alkanes) is 1. The zero-order valence-corrected chi connectivity index (χ0v) is 20.0. The Hall–Kier alpha value is -1.85. The van der Waals surface area contributed by atoms with Crippen molar-refractivity contribution in [3.63, 3.8) is 0 Å². The second-order valence-corrected chi connectivity index (χ2v) is 9.51. The molecule has 0 radical (unpaired) electrons. The number of hydroxylamine groups is 3. The Kier molecular flexibility index (Phi) is 10.7. The molecule has 0 saturated carbocycles. The Morgan fingerprint density at radius 3 is 2.47 bits per heavy atom. The van der Waals surface area contributed by atoms with Crippen molar-refractivity contribution in [3.8, 4) is 0 Å². The Morgan fingerprint density at radius 1 is 1.31 bits per heavy atom. The van der Waals surface area contributed by atoms with E-state index in [9.17, 15) is 23.5 Å². The van der Waals surface area contributed by atoms with Crippen LogP contribution in [0.1, 0.15) is 31.7 Å². The molecule has 1 aromatic carbocycles. The molecule has 2 heterocycles. The van der Waals surface area contributed by atoms with Gasteiger partial charge in [-0.1, -0.05) is 43.7 Å². The molecule has 2 saturated heterocycles. The van der Waals surface area contributed by atoms with Gasteiger partial charge in [-0.3, -0.25) is 0 Å². The fraction of sp³-hybridized carbons (Fsp3) is 0.682. The van der Waals surface area contributed by atoms with Gasteiger partial charge in [0.25, 0.3) is 0 Å². The van der Waals surface area contributed by atoms with Gasteiger partial charge >= 0.3 is 16.5 Å². The zero-order valence-electron chi connectivity index (χ0n) is 19.1. The van der Waals surface area contributed by atoms with E-state index in [1.54, 1.807) is 0 Å². The second kappa shape index (κ2) is 13.0. The highest BCUT2D eigenvalue weighted by atomic mass is 32.2. The van der Waals surface area contributed by atoms with E-state index >= 15 is 0 Å². The summed E-state index contributed by atoms with van der Waals surface area (Å²) in [6, 6.07) is 7.77. The van der Waals surface area contributed by atoms with Gasteiger partial charge in [0.2, 0.25) is 12.6 Å². The first-order chi connectivity index (χ1) is 15.3. The minimum Gasteiger partial charge on any atom is -0.632 e. The number of quaternary nitrogens is 1. The van der Waals surface area contributed by atoms with E-state index in [1.165, 1.54) is 17.0 Å². The van der Waals surface area contributed by atoms with Crippen LogP contribution in [0.3, 0.4) is 0 Å². The Bertz CT molecular complexity index is 850. The van der Waals surface area contributed by atoms with Crippen LogP contribution in [-0.2, 0) is 21.7 Å². The Morgan fingerprint density at radius 2 is 1.97 bits per heavy atom. The standard InChI is InChI=1S/C17H24N2O5S.C5H12N2/c1-2-3-9-16(17(20)21)19(22)11-10-18(25(23)24)15(13-19)12-14-7-5-4-6-8-14;1-7-4-2-6-3-5-7/h4-8,15-16H,2-3,9-13H2,1H3;6H,2-5H2,1H3/p+1. The molecule has 1 aromatic rings. The molecule has 2 aliphatic heterocycles. The average Bonchev–Trinajstić information content (AvgIpc) is 2.75. The molecule has 0 amide bonds. The summed E-state index contributed by atoms with van der Waals surface area (Å²) in [5.74, 6) is -1.10. The molecule has 0 aliphatic carbocycles. The monoisotopic (exact) mass is 469 g/mol. The lowest BCUT2D eigenvalue weighted by Crippen LogP contribution is -2.64. The van der Waals surface area contributed by atoms with Crippen LogP contribution >= 0.6 is 0 Å². The Balaban J connectivity index is 0.000000439. The molecule has 180 valence electrons. The van der Waals surface area contributed by atoms with Crippen LogP contribution in [0, 0.1) is 5.21 Å². The van der Waals surface area contributed by atoms with E-state index in [0.29, 0.717) is 19.3 Å². The van der Waals surface area contributed by atoms with Crippen LogP contribution in [0.4, 0.5) is 0 Å². The molecule has 3 unspecified atom stereocenters. The zero-order chi connectivity index (χ0) is 23.6. The first-order valence-corrected chi connectivity index (χ1v) is 12.4. The minimum absolute atomic E-state index is 0.0278. The molecule has 10 heteroatoms. The summed E-state index contributed by atoms with van der Waals surface area (Å²) in [4.78, 5) is 14.0. The molecule has 32 heavy (non-hydrogen) atoms. The van der Waals surface area contributed by atoms with E-state index < -0.39 is 33.2 Å². The fourth-order valence-corrected chi connectivity index (χ4v) is 4.87. The normalized spacial score (nSPS) is 24.8. The number of hydrogen-bond donors (Lipinski definition) is 2. The largest absolute Gasteiger partial charge is 0.632 e. The Labute approximate surface area is 192 Å². The lowest BCUT2D eigenvalue weighted by molar-refractivity contribution is -0.933. The lowest BCUT2D eigenvalue weighted by atomic mass is 10.0. The average molecular weight is 470 g/mol. The van der Waals surface area contributed by atoms with E-state index in [0.717, 1.165) is 25.1 Å². The topological polar surface area (TPSA) is 113 Å². The van der Waals surface area contributed by atoms with E-state index in [4.69, 9.17) is 0 Å². The van der Waals surface area contributed by atoms with Crippen LogP contribution in [-0.4, -0.2) is 97.9 Å². The molecular formula is C22H37N4O5S+. The molecule has 0 spiro atoms. The summed E-state index contributed by atoms with van der Waals surface area (Å²) in [5.41, 5.74) is 0.928. The summed E-state index contributed by atoms with van der Waals surface area (Å²) >= 11 is 0. The van der Waals surface area contributed by atoms with Crippen molar-refractivity contribution in [2.75, 3.05) is 52.9 Å². The van der Waals surface area contributed by atoms with Crippen molar-refractivity contribution in [2.45, 2.75) is 44.7 Å². The summed E-state index contributed by atoms with van der Waals surface area (Å²) < 4.78 is 23.5. The number of carboxylic acid groups (broad SMARTS) is 1. The van der Waals surface area contributed by atoms with Gasteiger partial charge in [0.05, 0.1) is 0 Å². The van der Waals surface area contributed by atoms with Crippen LogP contribution in [0.2, 0.25) is 0 Å². The maximum atomic E-state index is 13.3. The smallest absolute Gasteiger partial charge is 0.459 e. The van der Waals surface area contributed by atoms with Crippen molar-refractivity contribution < 1.29 is 26.9 Å². The quantitative estimate of drug-likeness (QED) is 0.350. The molecule has 9 nitrogen and oxygen atoms in total. The second-order valence-electron chi connectivity index (χ2n) is 8.61. The third-order valence-corrected chi connectivity index (χ3v) is 7.02. The summed E-state index contributed by atoms with van der Waals surface area (Å²) in [7, 11) is -0.278. The number of likely N-dealkylation sites (N-methyl/N-ethyl adjacent to an activating group) is 1. The fourth-order valence-electron chi connectivity index (χ4n) is 4.26. The predicted octanol–water partition coefficient (Wildman–Crippen LogP) is 1.17. The van der Waals surface area contributed by atoms with Gasteiger partial charge in [-0.25, -0.2) is 4.79 Å². The number of hydrogen-bond acceptors (Lipinski definition) is 6. The summed E-state index contributed by atoms with van der Waals surface area (Å²) in [6.07, 6.45) is 2.19. The van der Waals surface area contributed by atoms with Gasteiger partial charge in [-0.2, -0.15) is 0 Å². The van der Waals surface area contributed by atoms with Crippen LogP contribution < -0.4 is 5.32 Å². The van der Waals surface area contributed by atoms with Crippen LogP contribution in [0.25, 0.3) is 0 Å².